The standard InChI is InChI=1S/C20H21FN4/c1-13-3-9-17(10-4-13)23-20-19(15-5-7-16(21)8-6-15)24-18-11-22-14(2)12-25(18)20/h3-10,14,22-23H,11-12H2,1-2H3. The summed E-state index contributed by atoms with van der Waals surface area (Å²) in [5, 5.41) is 6.96. The summed E-state index contributed by atoms with van der Waals surface area (Å²) in [6, 6.07) is 15.2. The molecule has 1 unspecified atom stereocenters. The van der Waals surface area contributed by atoms with Crippen molar-refractivity contribution >= 4 is 11.5 Å². The minimum atomic E-state index is -0.240. The lowest BCUT2D eigenvalue weighted by atomic mass is 10.1. The molecule has 0 amide bonds. The second-order valence-electron chi connectivity index (χ2n) is 6.62. The maximum absolute atomic E-state index is 13.3. The van der Waals surface area contributed by atoms with Gasteiger partial charge in [0.25, 0.3) is 0 Å². The molecule has 0 saturated heterocycles. The fraction of sp³-hybridized carbons (Fsp3) is 0.250. The molecule has 1 aromatic heterocycles. The van der Waals surface area contributed by atoms with Crippen molar-refractivity contribution in [2.75, 3.05) is 5.32 Å². The van der Waals surface area contributed by atoms with Crippen molar-refractivity contribution in [2.45, 2.75) is 33.0 Å². The molecule has 1 aliphatic rings. The number of hydrogen-bond donors (Lipinski definition) is 2. The van der Waals surface area contributed by atoms with Crippen molar-refractivity contribution in [3.63, 3.8) is 0 Å². The third-order valence-electron chi connectivity index (χ3n) is 4.54. The van der Waals surface area contributed by atoms with Gasteiger partial charge < -0.3 is 15.2 Å². The SMILES string of the molecule is Cc1ccc(Nc2c(-c3ccc(F)cc3)nc3n2CC(C)NC3)cc1. The van der Waals surface area contributed by atoms with Crippen LogP contribution >= 0.6 is 0 Å². The van der Waals surface area contributed by atoms with E-state index < -0.39 is 0 Å². The van der Waals surface area contributed by atoms with Crippen LogP contribution in [0.25, 0.3) is 11.3 Å². The van der Waals surface area contributed by atoms with Gasteiger partial charge in [-0.15, -0.1) is 0 Å². The topological polar surface area (TPSA) is 41.9 Å². The molecular formula is C20H21FN4. The van der Waals surface area contributed by atoms with Gasteiger partial charge in [-0.3, -0.25) is 0 Å². The average Bonchev–Trinajstić information content (AvgIpc) is 2.95. The summed E-state index contributed by atoms with van der Waals surface area (Å²) >= 11 is 0. The molecule has 0 aliphatic carbocycles. The van der Waals surface area contributed by atoms with Crippen LogP contribution in [0.2, 0.25) is 0 Å². The van der Waals surface area contributed by atoms with Gasteiger partial charge in [0.1, 0.15) is 23.2 Å². The maximum Gasteiger partial charge on any atom is 0.138 e. The fourth-order valence-corrected chi connectivity index (χ4v) is 3.14. The van der Waals surface area contributed by atoms with E-state index in [1.165, 1.54) is 17.7 Å². The molecule has 4 rings (SSSR count). The molecular weight excluding hydrogens is 315 g/mol. The molecule has 1 atom stereocenters. The van der Waals surface area contributed by atoms with Crippen LogP contribution in [0.4, 0.5) is 15.9 Å². The normalized spacial score (nSPS) is 16.5. The molecule has 5 heteroatoms. The van der Waals surface area contributed by atoms with Gasteiger partial charge in [0, 0.05) is 23.8 Å². The first-order chi connectivity index (χ1) is 12.1. The van der Waals surface area contributed by atoms with Crippen molar-refractivity contribution in [3.8, 4) is 11.3 Å². The highest BCUT2D eigenvalue weighted by atomic mass is 19.1. The van der Waals surface area contributed by atoms with Crippen molar-refractivity contribution in [3.05, 3.63) is 65.7 Å². The average molecular weight is 336 g/mol. The number of nitrogens with one attached hydrogen (secondary N) is 2. The van der Waals surface area contributed by atoms with Crippen LogP contribution < -0.4 is 10.6 Å². The second-order valence-corrected chi connectivity index (χ2v) is 6.62. The maximum atomic E-state index is 13.3. The van der Waals surface area contributed by atoms with Gasteiger partial charge in [-0.05, 0) is 50.2 Å². The van der Waals surface area contributed by atoms with Crippen LogP contribution in [0.3, 0.4) is 0 Å². The van der Waals surface area contributed by atoms with Crippen molar-refractivity contribution in [1.82, 2.24) is 14.9 Å². The number of imidazole rings is 1. The van der Waals surface area contributed by atoms with E-state index in [0.29, 0.717) is 6.04 Å². The summed E-state index contributed by atoms with van der Waals surface area (Å²) in [4.78, 5) is 4.81. The third kappa shape index (κ3) is 3.15. The summed E-state index contributed by atoms with van der Waals surface area (Å²) in [5.74, 6) is 1.71. The number of fused-ring (bicyclic) bond motifs is 1. The Bertz CT molecular complexity index is 881. The summed E-state index contributed by atoms with van der Waals surface area (Å²) in [6.07, 6.45) is 0. The first-order valence-electron chi connectivity index (χ1n) is 8.52. The predicted molar refractivity (Wildman–Crippen MR) is 98.4 cm³/mol. The molecule has 1 aliphatic heterocycles. The van der Waals surface area contributed by atoms with E-state index in [4.69, 9.17) is 4.98 Å². The zero-order valence-electron chi connectivity index (χ0n) is 14.4. The number of anilines is 2. The minimum absolute atomic E-state index is 0.240. The second kappa shape index (κ2) is 6.33. The van der Waals surface area contributed by atoms with Crippen LogP contribution in [-0.2, 0) is 13.1 Å². The van der Waals surface area contributed by atoms with Gasteiger partial charge in [-0.1, -0.05) is 17.7 Å². The van der Waals surface area contributed by atoms with Crippen LogP contribution in [0, 0.1) is 12.7 Å². The molecule has 0 saturated carbocycles. The molecule has 2 heterocycles. The zero-order valence-corrected chi connectivity index (χ0v) is 14.4. The number of rotatable bonds is 3. The van der Waals surface area contributed by atoms with Crippen molar-refractivity contribution in [1.29, 1.82) is 0 Å². The van der Waals surface area contributed by atoms with Crippen LogP contribution in [-0.4, -0.2) is 15.6 Å². The molecule has 25 heavy (non-hydrogen) atoms. The first-order valence-corrected chi connectivity index (χ1v) is 8.52. The number of nitrogens with zero attached hydrogens (tertiary/aromatic N) is 2. The van der Waals surface area contributed by atoms with Crippen LogP contribution in [0.1, 0.15) is 18.3 Å². The smallest absolute Gasteiger partial charge is 0.138 e. The van der Waals surface area contributed by atoms with E-state index in [1.807, 2.05) is 0 Å². The number of halogens is 1. The van der Waals surface area contributed by atoms with Crippen LogP contribution in [0.5, 0.6) is 0 Å². The van der Waals surface area contributed by atoms with Gasteiger partial charge in [-0.25, -0.2) is 9.37 Å². The van der Waals surface area contributed by atoms with Crippen molar-refractivity contribution < 1.29 is 4.39 Å². The lowest BCUT2D eigenvalue weighted by molar-refractivity contribution is 0.412. The van der Waals surface area contributed by atoms with Gasteiger partial charge in [-0.2, -0.15) is 0 Å². The molecule has 2 aromatic carbocycles. The summed E-state index contributed by atoms with van der Waals surface area (Å²) < 4.78 is 15.5. The Kier molecular flexibility index (Phi) is 4.01. The molecule has 2 N–H and O–H groups in total. The highest BCUT2D eigenvalue weighted by molar-refractivity contribution is 5.76. The Balaban J connectivity index is 1.80. The Morgan fingerprint density at radius 1 is 1.12 bits per heavy atom. The van der Waals surface area contributed by atoms with E-state index in [1.54, 1.807) is 12.1 Å². The van der Waals surface area contributed by atoms with E-state index in [0.717, 1.165) is 41.7 Å². The third-order valence-corrected chi connectivity index (χ3v) is 4.54. The van der Waals surface area contributed by atoms with Crippen molar-refractivity contribution in [2.24, 2.45) is 0 Å². The van der Waals surface area contributed by atoms with Gasteiger partial charge >= 0.3 is 0 Å². The number of aryl methyl sites for hydroxylation is 1. The summed E-state index contributed by atoms with van der Waals surface area (Å²) in [6.45, 7) is 5.81. The minimum Gasteiger partial charge on any atom is -0.340 e. The van der Waals surface area contributed by atoms with E-state index in [9.17, 15) is 4.39 Å². The Morgan fingerprint density at radius 2 is 1.84 bits per heavy atom. The van der Waals surface area contributed by atoms with E-state index in [-0.39, 0.29) is 5.82 Å². The lowest BCUT2D eigenvalue weighted by Crippen LogP contribution is -2.36. The van der Waals surface area contributed by atoms with Crippen LogP contribution in [0.15, 0.2) is 48.5 Å². The molecule has 3 aromatic rings. The number of aromatic nitrogens is 2. The number of benzene rings is 2. The van der Waals surface area contributed by atoms with Gasteiger partial charge in [0.2, 0.25) is 0 Å². The lowest BCUT2D eigenvalue weighted by Gasteiger charge is -2.24. The molecule has 0 spiro atoms. The quantitative estimate of drug-likeness (QED) is 0.752. The highest BCUT2D eigenvalue weighted by Gasteiger charge is 2.23. The molecule has 128 valence electrons. The first kappa shape index (κ1) is 15.8. The Hall–Kier alpha value is -2.66. The van der Waals surface area contributed by atoms with E-state index in [2.05, 4.69) is 53.3 Å². The van der Waals surface area contributed by atoms with Gasteiger partial charge in [0.05, 0.1) is 6.54 Å². The van der Waals surface area contributed by atoms with E-state index >= 15 is 0 Å². The van der Waals surface area contributed by atoms with Gasteiger partial charge in [0.15, 0.2) is 0 Å². The Labute approximate surface area is 146 Å². The summed E-state index contributed by atoms with van der Waals surface area (Å²) in [5.41, 5.74) is 4.00. The predicted octanol–water partition coefficient (Wildman–Crippen LogP) is 4.23. The number of hydrogen-bond acceptors (Lipinski definition) is 3. The largest absolute Gasteiger partial charge is 0.340 e. The fourth-order valence-electron chi connectivity index (χ4n) is 3.14. The molecule has 0 radical (unpaired) electrons. The highest BCUT2D eigenvalue weighted by Crippen LogP contribution is 2.32. The molecule has 0 fully saturated rings. The molecule has 0 bridgehead atoms. The zero-order chi connectivity index (χ0) is 17.4. The Morgan fingerprint density at radius 3 is 2.56 bits per heavy atom. The molecule has 4 nitrogen and oxygen atoms in total. The monoisotopic (exact) mass is 336 g/mol. The summed E-state index contributed by atoms with van der Waals surface area (Å²) in [7, 11) is 0.